The van der Waals surface area contributed by atoms with Gasteiger partial charge in [-0.2, -0.15) is 0 Å². The van der Waals surface area contributed by atoms with E-state index in [9.17, 15) is 0 Å². The second-order valence-electron chi connectivity index (χ2n) is 6.85. The fourth-order valence-corrected chi connectivity index (χ4v) is 2.47. The van der Waals surface area contributed by atoms with Crippen LogP contribution in [0.2, 0.25) is 0 Å². The number of rotatable bonds is 5. The van der Waals surface area contributed by atoms with Crippen LogP contribution in [-0.4, -0.2) is 19.6 Å². The first-order valence-corrected chi connectivity index (χ1v) is 7.43. The summed E-state index contributed by atoms with van der Waals surface area (Å²) in [7, 11) is 2.05. The van der Waals surface area contributed by atoms with Gasteiger partial charge in [0.05, 0.1) is 0 Å². The third-order valence-corrected chi connectivity index (χ3v) is 4.05. The zero-order valence-electron chi connectivity index (χ0n) is 13.0. The zero-order chi connectivity index (χ0) is 14.0. The van der Waals surface area contributed by atoms with Gasteiger partial charge in [0.15, 0.2) is 0 Å². The van der Waals surface area contributed by atoms with Crippen molar-refractivity contribution in [2.75, 3.05) is 13.6 Å². The van der Waals surface area contributed by atoms with Gasteiger partial charge < -0.3 is 10.6 Å². The molecule has 1 aliphatic carbocycles. The lowest BCUT2D eigenvalue weighted by Crippen LogP contribution is -2.31. The Morgan fingerprint density at radius 1 is 1.26 bits per heavy atom. The van der Waals surface area contributed by atoms with Gasteiger partial charge in [0, 0.05) is 18.6 Å². The van der Waals surface area contributed by atoms with Gasteiger partial charge in [-0.05, 0) is 48.9 Å². The minimum Gasteiger partial charge on any atom is -0.312 e. The topological polar surface area (TPSA) is 24.1 Å². The highest BCUT2D eigenvalue weighted by molar-refractivity contribution is 5.36. The highest BCUT2D eigenvalue weighted by Gasteiger charge is 2.23. The lowest BCUT2D eigenvalue weighted by atomic mass is 9.84. The molecule has 1 saturated carbocycles. The molecular weight excluding hydrogens is 232 g/mol. The maximum Gasteiger partial charge on any atom is 0.0447 e. The molecule has 19 heavy (non-hydrogen) atoms. The van der Waals surface area contributed by atoms with E-state index in [0.29, 0.717) is 6.04 Å². The minimum absolute atomic E-state index is 0.227. The Morgan fingerprint density at radius 3 is 2.42 bits per heavy atom. The smallest absolute Gasteiger partial charge is 0.0447 e. The Kier molecular flexibility index (Phi) is 4.32. The molecule has 2 rings (SSSR count). The van der Waals surface area contributed by atoms with E-state index in [1.165, 1.54) is 29.5 Å². The molecule has 2 nitrogen and oxygen atoms in total. The normalized spacial score (nSPS) is 17.5. The minimum atomic E-state index is 0.227. The number of hydrogen-bond acceptors (Lipinski definition) is 2. The van der Waals surface area contributed by atoms with Crippen molar-refractivity contribution in [3.05, 3.63) is 34.9 Å². The SMILES string of the molecule is CNC(CNC1CC1)c1ccc(C(C)(C)C)cc1C. The van der Waals surface area contributed by atoms with Crippen molar-refractivity contribution in [1.82, 2.24) is 10.6 Å². The van der Waals surface area contributed by atoms with Crippen LogP contribution < -0.4 is 10.6 Å². The average Bonchev–Trinajstić information content (AvgIpc) is 3.14. The van der Waals surface area contributed by atoms with Crippen molar-refractivity contribution in [3.8, 4) is 0 Å². The molecule has 0 spiro atoms. The second kappa shape index (κ2) is 5.64. The van der Waals surface area contributed by atoms with Crippen LogP contribution in [0.3, 0.4) is 0 Å². The summed E-state index contributed by atoms with van der Waals surface area (Å²) in [4.78, 5) is 0. The van der Waals surface area contributed by atoms with E-state index in [2.05, 4.69) is 63.6 Å². The molecule has 1 aromatic carbocycles. The monoisotopic (exact) mass is 260 g/mol. The summed E-state index contributed by atoms with van der Waals surface area (Å²) in [6, 6.07) is 8.10. The molecule has 1 aromatic rings. The predicted molar refractivity (Wildman–Crippen MR) is 82.7 cm³/mol. The highest BCUT2D eigenvalue weighted by atomic mass is 15.0. The van der Waals surface area contributed by atoms with Gasteiger partial charge in [0.25, 0.3) is 0 Å². The van der Waals surface area contributed by atoms with Crippen molar-refractivity contribution in [1.29, 1.82) is 0 Å². The molecule has 1 unspecified atom stereocenters. The summed E-state index contributed by atoms with van der Waals surface area (Å²) >= 11 is 0. The Bertz CT molecular complexity index is 427. The van der Waals surface area contributed by atoms with Crippen LogP contribution in [0.4, 0.5) is 0 Å². The molecule has 1 fully saturated rings. The molecule has 0 amide bonds. The standard InChI is InChI=1S/C17H28N2/c1-12-10-13(17(2,3)4)6-9-15(12)16(18-5)11-19-14-7-8-14/h6,9-10,14,16,18-19H,7-8,11H2,1-5H3. The van der Waals surface area contributed by atoms with Gasteiger partial charge in [-0.1, -0.05) is 39.0 Å². The fourth-order valence-electron chi connectivity index (χ4n) is 2.47. The van der Waals surface area contributed by atoms with Gasteiger partial charge in [0.1, 0.15) is 0 Å². The van der Waals surface area contributed by atoms with E-state index in [0.717, 1.165) is 12.6 Å². The molecule has 0 bridgehead atoms. The van der Waals surface area contributed by atoms with Crippen LogP contribution in [-0.2, 0) is 5.41 Å². The maximum atomic E-state index is 3.62. The van der Waals surface area contributed by atoms with Crippen LogP contribution in [0.15, 0.2) is 18.2 Å². The van der Waals surface area contributed by atoms with Crippen molar-refractivity contribution < 1.29 is 0 Å². The largest absolute Gasteiger partial charge is 0.312 e. The lowest BCUT2D eigenvalue weighted by molar-refractivity contribution is 0.523. The Hall–Kier alpha value is -0.860. The fraction of sp³-hybridized carbons (Fsp3) is 0.647. The second-order valence-corrected chi connectivity index (χ2v) is 6.85. The van der Waals surface area contributed by atoms with E-state index < -0.39 is 0 Å². The number of benzene rings is 1. The average molecular weight is 260 g/mol. The molecule has 1 aliphatic rings. The summed E-state index contributed by atoms with van der Waals surface area (Å²) in [5.74, 6) is 0. The first-order valence-electron chi connectivity index (χ1n) is 7.43. The number of hydrogen-bond donors (Lipinski definition) is 2. The molecule has 1 atom stereocenters. The molecule has 0 aromatic heterocycles. The van der Waals surface area contributed by atoms with E-state index in [1.807, 2.05) is 0 Å². The Balaban J connectivity index is 2.13. The van der Waals surface area contributed by atoms with Crippen LogP contribution in [0, 0.1) is 6.92 Å². The number of likely N-dealkylation sites (N-methyl/N-ethyl adjacent to an activating group) is 1. The summed E-state index contributed by atoms with van der Waals surface area (Å²) in [5, 5.41) is 7.05. The van der Waals surface area contributed by atoms with E-state index in [4.69, 9.17) is 0 Å². The molecular formula is C17H28N2. The van der Waals surface area contributed by atoms with Crippen LogP contribution in [0.5, 0.6) is 0 Å². The molecule has 2 N–H and O–H groups in total. The van der Waals surface area contributed by atoms with Crippen molar-refractivity contribution in [2.45, 2.75) is 58.0 Å². The summed E-state index contributed by atoms with van der Waals surface area (Å²) in [5.41, 5.74) is 4.46. The van der Waals surface area contributed by atoms with Crippen LogP contribution >= 0.6 is 0 Å². The third kappa shape index (κ3) is 3.80. The van der Waals surface area contributed by atoms with E-state index in [1.54, 1.807) is 0 Å². The van der Waals surface area contributed by atoms with Crippen LogP contribution in [0.1, 0.15) is 56.3 Å². The number of aryl methyl sites for hydroxylation is 1. The first-order chi connectivity index (χ1) is 8.91. The molecule has 0 heterocycles. The van der Waals surface area contributed by atoms with Gasteiger partial charge in [-0.15, -0.1) is 0 Å². The molecule has 0 radical (unpaired) electrons. The Labute approximate surface area is 118 Å². The van der Waals surface area contributed by atoms with E-state index >= 15 is 0 Å². The zero-order valence-corrected chi connectivity index (χ0v) is 13.0. The van der Waals surface area contributed by atoms with Gasteiger partial charge in [-0.25, -0.2) is 0 Å². The first kappa shape index (κ1) is 14.5. The Morgan fingerprint density at radius 2 is 1.95 bits per heavy atom. The van der Waals surface area contributed by atoms with Crippen molar-refractivity contribution in [2.24, 2.45) is 0 Å². The quantitative estimate of drug-likeness (QED) is 0.849. The van der Waals surface area contributed by atoms with Crippen molar-refractivity contribution >= 4 is 0 Å². The predicted octanol–water partition coefficient (Wildman–Crippen LogP) is 3.31. The summed E-state index contributed by atoms with van der Waals surface area (Å²) in [6.07, 6.45) is 2.69. The van der Waals surface area contributed by atoms with Crippen molar-refractivity contribution in [3.63, 3.8) is 0 Å². The summed E-state index contributed by atoms with van der Waals surface area (Å²) < 4.78 is 0. The number of nitrogens with one attached hydrogen (secondary N) is 2. The van der Waals surface area contributed by atoms with Gasteiger partial charge in [0.2, 0.25) is 0 Å². The van der Waals surface area contributed by atoms with Crippen LogP contribution in [0.25, 0.3) is 0 Å². The summed E-state index contributed by atoms with van der Waals surface area (Å²) in [6.45, 7) is 10.1. The molecule has 0 saturated heterocycles. The van der Waals surface area contributed by atoms with Gasteiger partial charge in [-0.3, -0.25) is 0 Å². The highest BCUT2D eigenvalue weighted by Crippen LogP contribution is 2.27. The molecule has 2 heteroatoms. The lowest BCUT2D eigenvalue weighted by Gasteiger charge is -2.24. The maximum absolute atomic E-state index is 3.62. The van der Waals surface area contributed by atoms with Gasteiger partial charge >= 0.3 is 0 Å². The molecule has 106 valence electrons. The molecule has 0 aliphatic heterocycles. The van der Waals surface area contributed by atoms with E-state index in [-0.39, 0.29) is 5.41 Å². The third-order valence-electron chi connectivity index (χ3n) is 4.05.